The van der Waals surface area contributed by atoms with Gasteiger partial charge in [-0.15, -0.1) is 0 Å². The van der Waals surface area contributed by atoms with Gasteiger partial charge in [0.15, 0.2) is 0 Å². The second-order valence-electron chi connectivity index (χ2n) is 5.84. The molecule has 0 bridgehead atoms. The van der Waals surface area contributed by atoms with Gasteiger partial charge in [-0.2, -0.15) is 0 Å². The van der Waals surface area contributed by atoms with Crippen molar-refractivity contribution in [3.05, 3.63) is 76.2 Å². The van der Waals surface area contributed by atoms with Crippen LogP contribution < -0.4 is 10.9 Å². The number of hydrogen-bond acceptors (Lipinski definition) is 4. The number of H-pyrrole nitrogens is 1. The van der Waals surface area contributed by atoms with Crippen molar-refractivity contribution in [3.63, 3.8) is 0 Å². The summed E-state index contributed by atoms with van der Waals surface area (Å²) in [6, 6.07) is 12.8. The van der Waals surface area contributed by atoms with Crippen molar-refractivity contribution in [3.8, 4) is 0 Å². The van der Waals surface area contributed by atoms with Crippen LogP contribution in [0.5, 0.6) is 0 Å². The van der Waals surface area contributed by atoms with Gasteiger partial charge in [0, 0.05) is 18.4 Å². The summed E-state index contributed by atoms with van der Waals surface area (Å²) >= 11 is 0. The molecule has 2 N–H and O–H groups in total. The lowest BCUT2D eigenvalue weighted by Gasteiger charge is -2.04. The molecule has 0 spiro atoms. The van der Waals surface area contributed by atoms with Gasteiger partial charge in [-0.25, -0.2) is 14.2 Å². The number of hydrogen-bond donors (Lipinski definition) is 2. The van der Waals surface area contributed by atoms with E-state index < -0.39 is 11.5 Å². The SMILES string of the molecule is O=C(NCCc1nc2ccc(F)cc2[nH]1)c1cc2ccccc2oc1=O. The first-order chi connectivity index (χ1) is 12.6. The molecule has 1 amide bonds. The van der Waals surface area contributed by atoms with Crippen LogP contribution in [0, 0.1) is 5.82 Å². The summed E-state index contributed by atoms with van der Waals surface area (Å²) in [5, 5.41) is 3.35. The average molecular weight is 351 g/mol. The van der Waals surface area contributed by atoms with Crippen molar-refractivity contribution in [2.45, 2.75) is 6.42 Å². The van der Waals surface area contributed by atoms with Crippen LogP contribution in [0.1, 0.15) is 16.2 Å². The Morgan fingerprint density at radius 3 is 2.92 bits per heavy atom. The van der Waals surface area contributed by atoms with Crippen LogP contribution >= 0.6 is 0 Å². The molecule has 4 rings (SSSR count). The minimum Gasteiger partial charge on any atom is -0.422 e. The van der Waals surface area contributed by atoms with E-state index in [9.17, 15) is 14.0 Å². The standard InChI is InChI=1S/C19H14FN3O3/c20-12-5-6-14-15(10-12)23-17(22-14)7-8-21-18(24)13-9-11-3-1-2-4-16(11)26-19(13)25/h1-6,9-10H,7-8H2,(H,21,24)(H,22,23). The van der Waals surface area contributed by atoms with Gasteiger partial charge in [0.1, 0.15) is 22.8 Å². The second kappa shape index (κ2) is 6.44. The maximum absolute atomic E-state index is 13.2. The fourth-order valence-electron chi connectivity index (χ4n) is 2.76. The lowest BCUT2D eigenvalue weighted by molar-refractivity contribution is 0.0950. The molecular weight excluding hydrogens is 337 g/mol. The molecule has 2 aromatic carbocycles. The van der Waals surface area contributed by atoms with Crippen LogP contribution in [-0.4, -0.2) is 22.4 Å². The first-order valence-corrected chi connectivity index (χ1v) is 8.05. The van der Waals surface area contributed by atoms with Gasteiger partial charge in [0.05, 0.1) is 11.0 Å². The number of para-hydroxylation sites is 1. The van der Waals surface area contributed by atoms with Crippen molar-refractivity contribution in [1.82, 2.24) is 15.3 Å². The third-order valence-corrected chi connectivity index (χ3v) is 4.03. The van der Waals surface area contributed by atoms with Crippen molar-refractivity contribution < 1.29 is 13.6 Å². The van der Waals surface area contributed by atoms with Gasteiger partial charge < -0.3 is 14.7 Å². The summed E-state index contributed by atoms with van der Waals surface area (Å²) < 4.78 is 18.4. The van der Waals surface area contributed by atoms with Crippen LogP contribution in [0.25, 0.3) is 22.0 Å². The van der Waals surface area contributed by atoms with E-state index in [4.69, 9.17) is 4.42 Å². The molecule has 0 unspecified atom stereocenters. The molecule has 0 aliphatic rings. The summed E-state index contributed by atoms with van der Waals surface area (Å²) in [6.45, 7) is 0.271. The molecule has 0 radical (unpaired) electrons. The Labute approximate surface area is 146 Å². The number of fused-ring (bicyclic) bond motifs is 2. The molecule has 6 nitrogen and oxygen atoms in total. The van der Waals surface area contributed by atoms with E-state index in [1.165, 1.54) is 18.2 Å². The van der Waals surface area contributed by atoms with Crippen molar-refractivity contribution in [2.75, 3.05) is 6.54 Å². The Bertz CT molecular complexity index is 1180. The number of aromatic nitrogens is 2. The number of rotatable bonds is 4. The molecule has 2 aromatic heterocycles. The minimum absolute atomic E-state index is 0.0459. The number of imidazole rings is 1. The minimum atomic E-state index is -0.680. The monoisotopic (exact) mass is 351 g/mol. The van der Waals surface area contributed by atoms with Crippen molar-refractivity contribution in [1.29, 1.82) is 0 Å². The van der Waals surface area contributed by atoms with E-state index in [1.54, 1.807) is 30.3 Å². The predicted octanol–water partition coefficient (Wildman–Crippen LogP) is 2.78. The highest BCUT2D eigenvalue weighted by molar-refractivity contribution is 5.96. The number of carbonyl (C=O) groups is 1. The third kappa shape index (κ3) is 3.06. The lowest BCUT2D eigenvalue weighted by Crippen LogP contribution is -2.30. The lowest BCUT2D eigenvalue weighted by atomic mass is 10.2. The Morgan fingerprint density at radius 2 is 2.04 bits per heavy atom. The quantitative estimate of drug-likeness (QED) is 0.554. The zero-order valence-corrected chi connectivity index (χ0v) is 13.6. The number of benzene rings is 2. The van der Waals surface area contributed by atoms with Crippen LogP contribution in [-0.2, 0) is 6.42 Å². The molecule has 0 fully saturated rings. The van der Waals surface area contributed by atoms with Crippen LogP contribution in [0.3, 0.4) is 0 Å². The van der Waals surface area contributed by atoms with Crippen LogP contribution in [0.15, 0.2) is 57.7 Å². The fourth-order valence-corrected chi connectivity index (χ4v) is 2.76. The summed E-state index contributed by atoms with van der Waals surface area (Å²) in [6.07, 6.45) is 0.418. The Balaban J connectivity index is 1.46. The number of halogens is 1. The highest BCUT2D eigenvalue weighted by Gasteiger charge is 2.13. The summed E-state index contributed by atoms with van der Waals surface area (Å²) in [5.74, 6) is -0.230. The van der Waals surface area contributed by atoms with Crippen LogP contribution in [0.2, 0.25) is 0 Å². The number of carbonyl (C=O) groups excluding carboxylic acids is 1. The maximum Gasteiger partial charge on any atom is 0.349 e. The van der Waals surface area contributed by atoms with E-state index >= 15 is 0 Å². The fraction of sp³-hybridized carbons (Fsp3) is 0.105. The molecule has 0 saturated carbocycles. The normalized spacial score (nSPS) is 11.1. The van der Waals surface area contributed by atoms with Gasteiger partial charge in [-0.05, 0) is 30.3 Å². The van der Waals surface area contributed by atoms with Crippen molar-refractivity contribution >= 4 is 27.9 Å². The molecule has 7 heteroatoms. The average Bonchev–Trinajstić information content (AvgIpc) is 3.02. The van der Waals surface area contributed by atoms with Crippen molar-refractivity contribution in [2.24, 2.45) is 0 Å². The van der Waals surface area contributed by atoms with Crippen LogP contribution in [0.4, 0.5) is 4.39 Å². The first kappa shape index (κ1) is 16.0. The number of nitrogens with zero attached hydrogens (tertiary/aromatic N) is 1. The number of aromatic amines is 1. The highest BCUT2D eigenvalue weighted by atomic mass is 19.1. The topological polar surface area (TPSA) is 88.0 Å². The van der Waals surface area contributed by atoms with E-state index in [0.29, 0.717) is 34.2 Å². The summed E-state index contributed by atoms with van der Waals surface area (Å²) in [4.78, 5) is 31.6. The Morgan fingerprint density at radius 1 is 1.19 bits per heavy atom. The summed E-state index contributed by atoms with van der Waals surface area (Å²) in [7, 11) is 0. The van der Waals surface area contributed by atoms with Gasteiger partial charge >= 0.3 is 5.63 Å². The number of nitrogens with one attached hydrogen (secondary N) is 2. The van der Waals surface area contributed by atoms with E-state index in [2.05, 4.69) is 15.3 Å². The highest BCUT2D eigenvalue weighted by Crippen LogP contribution is 2.14. The molecule has 130 valence electrons. The zero-order valence-electron chi connectivity index (χ0n) is 13.6. The van der Waals surface area contributed by atoms with E-state index in [0.717, 1.165) is 0 Å². The molecule has 0 aliphatic carbocycles. The smallest absolute Gasteiger partial charge is 0.349 e. The number of amides is 1. The molecule has 0 saturated heterocycles. The Hall–Kier alpha value is -3.48. The molecule has 4 aromatic rings. The first-order valence-electron chi connectivity index (χ1n) is 8.05. The largest absolute Gasteiger partial charge is 0.422 e. The van der Waals surface area contributed by atoms with Gasteiger partial charge in [0.2, 0.25) is 0 Å². The third-order valence-electron chi connectivity index (χ3n) is 4.03. The predicted molar refractivity (Wildman–Crippen MR) is 94.6 cm³/mol. The molecule has 26 heavy (non-hydrogen) atoms. The molecule has 0 atom stereocenters. The zero-order chi connectivity index (χ0) is 18.1. The van der Waals surface area contributed by atoms with Gasteiger partial charge in [0.25, 0.3) is 5.91 Å². The molecule has 2 heterocycles. The molecule has 0 aliphatic heterocycles. The summed E-state index contributed by atoms with van der Waals surface area (Å²) in [5.41, 5.74) is 0.962. The van der Waals surface area contributed by atoms with E-state index in [-0.39, 0.29) is 17.9 Å². The van der Waals surface area contributed by atoms with E-state index in [1.807, 2.05) is 0 Å². The van der Waals surface area contributed by atoms with Gasteiger partial charge in [-0.3, -0.25) is 4.79 Å². The maximum atomic E-state index is 13.2. The second-order valence-corrected chi connectivity index (χ2v) is 5.84. The Kier molecular flexibility index (Phi) is 3.96. The molecular formula is C19H14FN3O3. The van der Waals surface area contributed by atoms with Gasteiger partial charge in [-0.1, -0.05) is 18.2 Å².